The number of pyridine rings is 1. The lowest BCUT2D eigenvalue weighted by atomic mass is 10.1. The summed E-state index contributed by atoms with van der Waals surface area (Å²) in [7, 11) is 0. The molecule has 0 saturated heterocycles. The number of ether oxygens (including phenoxy) is 2. The van der Waals surface area contributed by atoms with Gasteiger partial charge in [-0.25, -0.2) is 4.98 Å². The van der Waals surface area contributed by atoms with E-state index in [4.69, 9.17) is 20.2 Å². The minimum atomic E-state index is -0.473. The number of nitrogens with zero attached hydrogens (tertiary/aromatic N) is 2. The molecule has 1 amide bonds. The Kier molecular flexibility index (Phi) is 4.94. The predicted molar refractivity (Wildman–Crippen MR) is 109 cm³/mol. The van der Waals surface area contributed by atoms with Crippen LogP contribution in [0, 0.1) is 0 Å². The van der Waals surface area contributed by atoms with Crippen LogP contribution in [-0.2, 0) is 9.47 Å². The molecule has 29 heavy (non-hydrogen) atoms. The highest BCUT2D eigenvalue weighted by molar-refractivity contribution is 5.93. The topological polar surface area (TPSA) is 103 Å². The Labute approximate surface area is 167 Å². The van der Waals surface area contributed by atoms with Crippen LogP contribution in [0.3, 0.4) is 0 Å². The Morgan fingerprint density at radius 3 is 2.59 bits per heavy atom. The van der Waals surface area contributed by atoms with E-state index in [1.165, 1.54) is 0 Å². The molecule has 3 N–H and O–H groups in total. The number of nitrogens with one attached hydrogen (secondary N) is 1. The molecule has 3 aromatic rings. The Balaban J connectivity index is 1.75. The van der Waals surface area contributed by atoms with E-state index in [0.29, 0.717) is 28.6 Å². The molecule has 1 aromatic carbocycles. The summed E-state index contributed by atoms with van der Waals surface area (Å²) in [6.07, 6.45) is 6.96. The molecule has 0 saturated carbocycles. The molecule has 0 radical (unpaired) electrons. The molecule has 7 nitrogen and oxygen atoms in total. The number of rotatable bonds is 6. The average Bonchev–Trinajstić information content (AvgIpc) is 3.39. The number of H-pyrrole nitrogens is 1. The van der Waals surface area contributed by atoms with Crippen molar-refractivity contribution in [3.8, 4) is 22.8 Å². The van der Waals surface area contributed by atoms with Gasteiger partial charge in [0.1, 0.15) is 11.5 Å². The average molecular weight is 386 g/mol. The van der Waals surface area contributed by atoms with Gasteiger partial charge in [-0.3, -0.25) is 9.78 Å². The molecule has 4 rings (SSSR count). The van der Waals surface area contributed by atoms with E-state index < -0.39 is 5.91 Å². The smallest absolute Gasteiger partial charge is 0.248 e. The normalized spacial score (nSPS) is 13.4. The summed E-state index contributed by atoms with van der Waals surface area (Å²) in [5, 5.41) is 0. The second-order valence-electron chi connectivity index (χ2n) is 6.18. The molecule has 0 aliphatic carbocycles. The summed E-state index contributed by atoms with van der Waals surface area (Å²) in [6, 6.07) is 12.6. The van der Waals surface area contributed by atoms with E-state index in [2.05, 4.69) is 16.5 Å². The fourth-order valence-corrected chi connectivity index (χ4v) is 2.88. The minimum Gasteiger partial charge on any atom is -0.454 e. The lowest BCUT2D eigenvalue weighted by Gasteiger charge is -1.98. The van der Waals surface area contributed by atoms with Crippen LogP contribution in [0.2, 0.25) is 0 Å². The van der Waals surface area contributed by atoms with E-state index in [1.54, 1.807) is 42.6 Å². The van der Waals surface area contributed by atoms with Gasteiger partial charge in [0.15, 0.2) is 11.5 Å². The number of primary amides is 1. The van der Waals surface area contributed by atoms with Gasteiger partial charge in [0.05, 0.1) is 11.4 Å². The number of aromatic amines is 1. The number of carbonyl (C=O) groups is 1. The largest absolute Gasteiger partial charge is 0.454 e. The number of amides is 1. The van der Waals surface area contributed by atoms with Crippen molar-refractivity contribution in [2.75, 3.05) is 6.79 Å². The van der Waals surface area contributed by atoms with Crippen molar-refractivity contribution in [2.45, 2.75) is 0 Å². The number of allylic oxidation sites excluding steroid dienone is 2. The van der Waals surface area contributed by atoms with Gasteiger partial charge in [0.25, 0.3) is 0 Å². The van der Waals surface area contributed by atoms with E-state index in [0.717, 1.165) is 17.0 Å². The van der Waals surface area contributed by atoms with Gasteiger partial charge in [0, 0.05) is 17.3 Å². The maximum absolute atomic E-state index is 11.3. The van der Waals surface area contributed by atoms with Gasteiger partial charge in [-0.05, 0) is 42.5 Å². The number of imidazole rings is 1. The molecule has 0 atom stereocenters. The van der Waals surface area contributed by atoms with Crippen molar-refractivity contribution >= 4 is 12.0 Å². The SMILES string of the molecule is C=CC1=C(/C=C/c2[nH]c(-c3ccc(C(N)=O)cc3)nc2-c2ccccn2)OCO1. The van der Waals surface area contributed by atoms with Crippen LogP contribution in [-0.4, -0.2) is 27.7 Å². The van der Waals surface area contributed by atoms with Crippen LogP contribution in [0.1, 0.15) is 16.1 Å². The Hall–Kier alpha value is -4.13. The summed E-state index contributed by atoms with van der Waals surface area (Å²) in [5.41, 5.74) is 8.74. The summed E-state index contributed by atoms with van der Waals surface area (Å²) < 4.78 is 10.8. The van der Waals surface area contributed by atoms with Crippen molar-refractivity contribution in [3.05, 3.63) is 90.2 Å². The molecule has 7 heteroatoms. The first-order valence-corrected chi connectivity index (χ1v) is 8.88. The molecular formula is C22H18N4O3. The van der Waals surface area contributed by atoms with E-state index in [-0.39, 0.29) is 6.79 Å². The highest BCUT2D eigenvalue weighted by Gasteiger charge is 2.15. The fraction of sp³-hybridized carbons (Fsp3) is 0.0455. The zero-order valence-corrected chi connectivity index (χ0v) is 15.5. The number of carbonyl (C=O) groups excluding carboxylic acids is 1. The van der Waals surface area contributed by atoms with E-state index >= 15 is 0 Å². The van der Waals surface area contributed by atoms with Gasteiger partial charge in [0.2, 0.25) is 12.7 Å². The molecule has 0 spiro atoms. The fourth-order valence-electron chi connectivity index (χ4n) is 2.88. The molecule has 0 bridgehead atoms. The highest BCUT2D eigenvalue weighted by Crippen LogP contribution is 2.27. The summed E-state index contributed by atoms with van der Waals surface area (Å²) in [5.74, 6) is 1.35. The summed E-state index contributed by atoms with van der Waals surface area (Å²) in [4.78, 5) is 23.7. The quantitative estimate of drug-likeness (QED) is 0.673. The number of benzene rings is 1. The van der Waals surface area contributed by atoms with Gasteiger partial charge in [-0.1, -0.05) is 24.8 Å². The zero-order chi connectivity index (χ0) is 20.2. The standard InChI is InChI=1S/C22H18N4O3/c1-2-18-19(29-13-28-18)11-10-17-20(16-5-3-4-12-24-16)26-22(25-17)15-8-6-14(7-9-15)21(23)27/h2-12H,1,13H2,(H2,23,27)(H,25,26)/b11-10+. The van der Waals surface area contributed by atoms with Crippen LogP contribution in [0.5, 0.6) is 0 Å². The zero-order valence-electron chi connectivity index (χ0n) is 15.5. The molecule has 1 aliphatic rings. The molecule has 2 aromatic heterocycles. The lowest BCUT2D eigenvalue weighted by molar-refractivity contribution is 0.0779. The maximum Gasteiger partial charge on any atom is 0.248 e. The molecule has 0 fully saturated rings. The first-order chi connectivity index (χ1) is 14.2. The molecule has 144 valence electrons. The van der Waals surface area contributed by atoms with Crippen LogP contribution < -0.4 is 5.73 Å². The Morgan fingerprint density at radius 2 is 1.90 bits per heavy atom. The monoisotopic (exact) mass is 386 g/mol. The third kappa shape index (κ3) is 3.79. The first-order valence-electron chi connectivity index (χ1n) is 8.88. The predicted octanol–water partition coefficient (Wildman–Crippen LogP) is 3.65. The van der Waals surface area contributed by atoms with Gasteiger partial charge >= 0.3 is 0 Å². The number of aromatic nitrogens is 3. The van der Waals surface area contributed by atoms with Gasteiger partial charge < -0.3 is 20.2 Å². The number of hydrogen-bond acceptors (Lipinski definition) is 5. The third-order valence-corrected chi connectivity index (χ3v) is 4.34. The highest BCUT2D eigenvalue weighted by atomic mass is 16.7. The Morgan fingerprint density at radius 1 is 1.10 bits per heavy atom. The molecule has 3 heterocycles. The van der Waals surface area contributed by atoms with Gasteiger partial charge in [-0.15, -0.1) is 0 Å². The van der Waals surface area contributed by atoms with Crippen molar-refractivity contribution in [1.82, 2.24) is 15.0 Å². The molecular weight excluding hydrogens is 368 g/mol. The number of nitrogens with two attached hydrogens (primary N) is 1. The van der Waals surface area contributed by atoms with E-state index in [1.807, 2.05) is 24.3 Å². The van der Waals surface area contributed by atoms with Crippen molar-refractivity contribution in [1.29, 1.82) is 0 Å². The molecule has 1 aliphatic heterocycles. The Bertz CT molecular complexity index is 1110. The molecule has 0 unspecified atom stereocenters. The summed E-state index contributed by atoms with van der Waals surface area (Å²) in [6.45, 7) is 3.88. The first kappa shape index (κ1) is 18.2. The third-order valence-electron chi connectivity index (χ3n) is 4.34. The van der Waals surface area contributed by atoms with Crippen molar-refractivity contribution in [2.24, 2.45) is 5.73 Å². The van der Waals surface area contributed by atoms with E-state index in [9.17, 15) is 4.79 Å². The van der Waals surface area contributed by atoms with Crippen LogP contribution in [0.15, 0.2) is 78.9 Å². The van der Waals surface area contributed by atoms with Crippen molar-refractivity contribution < 1.29 is 14.3 Å². The second-order valence-corrected chi connectivity index (χ2v) is 6.18. The van der Waals surface area contributed by atoms with Crippen LogP contribution >= 0.6 is 0 Å². The second kappa shape index (κ2) is 7.85. The van der Waals surface area contributed by atoms with Crippen LogP contribution in [0.25, 0.3) is 28.9 Å². The van der Waals surface area contributed by atoms with Crippen molar-refractivity contribution in [3.63, 3.8) is 0 Å². The van der Waals surface area contributed by atoms with Gasteiger partial charge in [-0.2, -0.15) is 0 Å². The van der Waals surface area contributed by atoms with Crippen LogP contribution in [0.4, 0.5) is 0 Å². The lowest BCUT2D eigenvalue weighted by Crippen LogP contribution is -2.10. The summed E-state index contributed by atoms with van der Waals surface area (Å²) >= 11 is 0. The minimum absolute atomic E-state index is 0.161. The number of hydrogen-bond donors (Lipinski definition) is 2. The maximum atomic E-state index is 11.3.